The topological polar surface area (TPSA) is 71.8 Å². The van der Waals surface area contributed by atoms with E-state index in [-0.39, 0.29) is 5.91 Å². The van der Waals surface area contributed by atoms with Gasteiger partial charge in [0.1, 0.15) is 5.52 Å². The Balaban J connectivity index is 1.74. The number of aryl methyl sites for hydroxylation is 1. The fraction of sp³-hybridized carbons (Fsp3) is 0.417. The second kappa shape index (κ2) is 4.38. The van der Waals surface area contributed by atoms with Gasteiger partial charge in [-0.3, -0.25) is 4.79 Å². The molecule has 3 rings (SSSR count). The number of benzene rings is 1. The number of nitrogens with zero attached hydrogens (tertiary/aromatic N) is 3. The van der Waals surface area contributed by atoms with Crippen molar-refractivity contribution in [3.8, 4) is 0 Å². The Morgan fingerprint density at radius 2 is 2.39 bits per heavy atom. The summed E-state index contributed by atoms with van der Waals surface area (Å²) in [4.78, 5) is 12.0. The lowest BCUT2D eigenvalue weighted by Gasteiger charge is -2.27. The Kier molecular flexibility index (Phi) is 2.71. The van der Waals surface area contributed by atoms with Crippen molar-refractivity contribution >= 4 is 16.9 Å². The number of fused-ring (bicyclic) bond motifs is 1. The molecule has 0 unspecified atom stereocenters. The molecule has 0 saturated carbocycles. The molecule has 0 radical (unpaired) electrons. The number of aromatic nitrogens is 3. The van der Waals surface area contributed by atoms with Crippen LogP contribution in [-0.2, 0) is 7.05 Å². The molecule has 2 N–H and O–H groups in total. The molecule has 0 aliphatic carbocycles. The lowest BCUT2D eigenvalue weighted by atomic mass is 10.0. The minimum Gasteiger partial charge on any atom is -0.352 e. The van der Waals surface area contributed by atoms with Gasteiger partial charge in [0, 0.05) is 38.2 Å². The van der Waals surface area contributed by atoms with Crippen molar-refractivity contribution in [1.29, 1.82) is 0 Å². The summed E-state index contributed by atoms with van der Waals surface area (Å²) >= 11 is 0. The summed E-state index contributed by atoms with van der Waals surface area (Å²) in [5.41, 5.74) is 2.31. The van der Waals surface area contributed by atoms with Crippen LogP contribution in [0.4, 0.5) is 0 Å². The monoisotopic (exact) mass is 245 g/mol. The first-order valence-electron chi connectivity index (χ1n) is 6.02. The minimum atomic E-state index is -0.0468. The number of hydrogen-bond acceptors (Lipinski definition) is 4. The van der Waals surface area contributed by atoms with Gasteiger partial charge in [0.05, 0.1) is 5.52 Å². The van der Waals surface area contributed by atoms with Crippen LogP contribution >= 0.6 is 0 Å². The average Bonchev–Trinajstić information content (AvgIpc) is 2.68. The van der Waals surface area contributed by atoms with Gasteiger partial charge in [-0.15, -0.1) is 5.10 Å². The van der Waals surface area contributed by atoms with Crippen molar-refractivity contribution in [2.75, 3.05) is 19.6 Å². The van der Waals surface area contributed by atoms with Crippen molar-refractivity contribution in [2.24, 2.45) is 13.0 Å². The number of rotatable bonds is 3. The van der Waals surface area contributed by atoms with Gasteiger partial charge in [-0.1, -0.05) is 5.21 Å². The van der Waals surface area contributed by atoms with Crippen LogP contribution in [-0.4, -0.2) is 40.5 Å². The van der Waals surface area contributed by atoms with Crippen LogP contribution in [0.1, 0.15) is 10.4 Å². The molecule has 6 heteroatoms. The molecule has 1 saturated heterocycles. The van der Waals surface area contributed by atoms with Gasteiger partial charge in [-0.2, -0.15) is 0 Å². The maximum absolute atomic E-state index is 12.0. The zero-order valence-electron chi connectivity index (χ0n) is 10.2. The molecule has 18 heavy (non-hydrogen) atoms. The number of hydrogen-bond donors (Lipinski definition) is 2. The molecule has 0 spiro atoms. The Hall–Kier alpha value is -1.95. The maximum atomic E-state index is 12.0. The lowest BCUT2D eigenvalue weighted by molar-refractivity contribution is 0.0942. The second-order valence-corrected chi connectivity index (χ2v) is 4.65. The van der Waals surface area contributed by atoms with Crippen molar-refractivity contribution in [2.45, 2.75) is 0 Å². The van der Waals surface area contributed by atoms with E-state index in [4.69, 9.17) is 0 Å². The molecule has 94 valence electrons. The van der Waals surface area contributed by atoms with Gasteiger partial charge < -0.3 is 10.6 Å². The summed E-state index contributed by atoms with van der Waals surface area (Å²) in [6.45, 7) is 2.71. The first-order chi connectivity index (χ1) is 8.74. The number of carbonyl (C=O) groups is 1. The average molecular weight is 245 g/mol. The standard InChI is InChI=1S/C12H15N5O/c1-17-11-3-2-9(4-10(11)15-16-17)12(18)14-7-8-5-13-6-8/h2-4,8,13H,5-7H2,1H3,(H,14,18). The van der Waals surface area contributed by atoms with Crippen LogP contribution in [0.5, 0.6) is 0 Å². The fourth-order valence-electron chi connectivity index (χ4n) is 2.01. The molecule has 1 fully saturated rings. The predicted octanol–water partition coefficient (Wildman–Crippen LogP) is -0.0825. The normalized spacial score (nSPS) is 15.6. The summed E-state index contributed by atoms with van der Waals surface area (Å²) in [6, 6.07) is 5.45. The van der Waals surface area contributed by atoms with Crippen LogP contribution in [0.15, 0.2) is 18.2 Å². The third kappa shape index (κ3) is 1.95. The number of amides is 1. The molecule has 1 aromatic heterocycles. The molecule has 0 atom stereocenters. The molecular weight excluding hydrogens is 230 g/mol. The Labute approximate surface area is 104 Å². The van der Waals surface area contributed by atoms with Gasteiger partial charge in [-0.05, 0) is 18.2 Å². The molecule has 2 heterocycles. The van der Waals surface area contributed by atoms with Gasteiger partial charge >= 0.3 is 0 Å². The minimum absolute atomic E-state index is 0.0468. The van der Waals surface area contributed by atoms with Gasteiger partial charge in [0.2, 0.25) is 0 Å². The maximum Gasteiger partial charge on any atom is 0.251 e. The van der Waals surface area contributed by atoms with Crippen molar-refractivity contribution in [3.63, 3.8) is 0 Å². The molecule has 2 aromatic rings. The van der Waals surface area contributed by atoms with E-state index in [1.807, 2.05) is 13.1 Å². The van der Waals surface area contributed by atoms with Crippen LogP contribution in [0.25, 0.3) is 11.0 Å². The second-order valence-electron chi connectivity index (χ2n) is 4.65. The highest BCUT2D eigenvalue weighted by atomic mass is 16.1. The third-order valence-corrected chi connectivity index (χ3v) is 3.29. The summed E-state index contributed by atoms with van der Waals surface area (Å²) in [6.07, 6.45) is 0. The van der Waals surface area contributed by atoms with Crippen molar-refractivity contribution in [3.05, 3.63) is 23.8 Å². The Morgan fingerprint density at radius 3 is 3.11 bits per heavy atom. The summed E-state index contributed by atoms with van der Waals surface area (Å²) < 4.78 is 1.69. The smallest absolute Gasteiger partial charge is 0.251 e. The van der Waals surface area contributed by atoms with E-state index < -0.39 is 0 Å². The molecule has 1 aliphatic heterocycles. The van der Waals surface area contributed by atoms with Gasteiger partial charge in [0.15, 0.2) is 0 Å². The van der Waals surface area contributed by atoms with Crippen molar-refractivity contribution in [1.82, 2.24) is 25.6 Å². The molecule has 6 nitrogen and oxygen atoms in total. The zero-order chi connectivity index (χ0) is 12.5. The Morgan fingerprint density at radius 1 is 1.56 bits per heavy atom. The predicted molar refractivity (Wildman–Crippen MR) is 67.2 cm³/mol. The SMILES string of the molecule is Cn1nnc2cc(C(=O)NCC3CNC3)ccc21. The van der Waals surface area contributed by atoms with Gasteiger partial charge in [-0.25, -0.2) is 4.68 Å². The van der Waals surface area contributed by atoms with E-state index >= 15 is 0 Å². The summed E-state index contributed by atoms with van der Waals surface area (Å²) in [5, 5.41) is 14.0. The molecule has 0 bridgehead atoms. The number of nitrogens with one attached hydrogen (secondary N) is 2. The molecule has 1 aromatic carbocycles. The first kappa shape index (κ1) is 11.2. The third-order valence-electron chi connectivity index (χ3n) is 3.29. The Bertz CT molecular complexity index is 587. The van der Waals surface area contributed by atoms with E-state index in [1.165, 1.54) is 0 Å². The van der Waals surface area contributed by atoms with Gasteiger partial charge in [0.25, 0.3) is 5.91 Å². The highest BCUT2D eigenvalue weighted by Gasteiger charge is 2.17. The van der Waals surface area contributed by atoms with Crippen LogP contribution in [0.2, 0.25) is 0 Å². The molecule has 1 aliphatic rings. The highest BCUT2D eigenvalue weighted by Crippen LogP contribution is 2.12. The van der Waals surface area contributed by atoms with Crippen LogP contribution in [0, 0.1) is 5.92 Å². The first-order valence-corrected chi connectivity index (χ1v) is 6.02. The van der Waals surface area contributed by atoms with Crippen molar-refractivity contribution < 1.29 is 4.79 Å². The van der Waals surface area contributed by atoms with E-state index in [2.05, 4.69) is 20.9 Å². The van der Waals surface area contributed by atoms with Crippen LogP contribution < -0.4 is 10.6 Å². The molecule has 1 amide bonds. The largest absolute Gasteiger partial charge is 0.352 e. The quantitative estimate of drug-likeness (QED) is 0.793. The lowest BCUT2D eigenvalue weighted by Crippen LogP contribution is -2.48. The van der Waals surface area contributed by atoms with E-state index in [0.717, 1.165) is 30.7 Å². The van der Waals surface area contributed by atoms with Crippen LogP contribution in [0.3, 0.4) is 0 Å². The van der Waals surface area contributed by atoms with E-state index in [0.29, 0.717) is 11.5 Å². The molecular formula is C12H15N5O. The summed E-state index contributed by atoms with van der Waals surface area (Å²) in [5.74, 6) is 0.517. The fourth-order valence-corrected chi connectivity index (χ4v) is 2.01. The van der Waals surface area contributed by atoms with E-state index in [1.54, 1.807) is 16.8 Å². The van der Waals surface area contributed by atoms with E-state index in [9.17, 15) is 4.79 Å². The zero-order valence-corrected chi connectivity index (χ0v) is 10.2. The summed E-state index contributed by atoms with van der Waals surface area (Å²) in [7, 11) is 1.83. The number of carbonyl (C=O) groups excluding carboxylic acids is 1. The highest BCUT2D eigenvalue weighted by molar-refractivity contribution is 5.97.